The second kappa shape index (κ2) is 36.2. The second-order valence-electron chi connectivity index (χ2n) is 15.9. The molecule has 1 N–H and O–H groups in total. The number of rotatable bonds is 39. The summed E-state index contributed by atoms with van der Waals surface area (Å²) in [7, 11) is 1.71. The van der Waals surface area contributed by atoms with Gasteiger partial charge in [0.1, 0.15) is 0 Å². The van der Waals surface area contributed by atoms with E-state index in [0.29, 0.717) is 25.6 Å². The van der Waals surface area contributed by atoms with Crippen LogP contribution in [0.2, 0.25) is 0 Å². The van der Waals surface area contributed by atoms with E-state index < -0.39 is 0 Å². The highest BCUT2D eigenvalue weighted by Crippen LogP contribution is 2.20. The summed E-state index contributed by atoms with van der Waals surface area (Å²) in [4.78, 5) is 24.9. The van der Waals surface area contributed by atoms with Crippen molar-refractivity contribution in [3.63, 3.8) is 0 Å². The van der Waals surface area contributed by atoms with Gasteiger partial charge in [-0.05, 0) is 46.0 Å². The van der Waals surface area contributed by atoms with Crippen LogP contribution in [0.25, 0.3) is 0 Å². The monoisotopic (exact) mass is 710 g/mol. The molecular weight excluding hydrogens is 622 g/mol. The topological polar surface area (TPSA) is 73.9 Å². The summed E-state index contributed by atoms with van der Waals surface area (Å²) in [5, 5.41) is 3.16. The van der Waals surface area contributed by atoms with Gasteiger partial charge in [0, 0.05) is 33.1 Å². The highest BCUT2D eigenvalue weighted by Gasteiger charge is 2.17. The normalized spacial score (nSPS) is 12.5. The van der Waals surface area contributed by atoms with Crippen LogP contribution in [-0.4, -0.2) is 50.4 Å². The van der Waals surface area contributed by atoms with Crippen molar-refractivity contribution in [1.29, 1.82) is 0 Å². The lowest BCUT2D eigenvalue weighted by Gasteiger charge is -2.23. The van der Waals surface area contributed by atoms with Crippen LogP contribution in [0, 0.1) is 5.92 Å². The Balaban J connectivity index is 4.27. The van der Waals surface area contributed by atoms with Gasteiger partial charge >= 0.3 is 5.97 Å². The number of hydrogen-bond donors (Lipinski definition) is 1. The Morgan fingerprint density at radius 3 is 1.42 bits per heavy atom. The fourth-order valence-corrected chi connectivity index (χ4v) is 6.56. The van der Waals surface area contributed by atoms with Crippen molar-refractivity contribution in [3.8, 4) is 0 Å². The van der Waals surface area contributed by atoms with Crippen molar-refractivity contribution in [3.05, 3.63) is 0 Å². The molecule has 0 aliphatic carbocycles. The van der Waals surface area contributed by atoms with Crippen LogP contribution >= 0.6 is 0 Å². The van der Waals surface area contributed by atoms with Crippen molar-refractivity contribution in [2.24, 2.45) is 5.92 Å². The molecule has 0 aliphatic rings. The second-order valence-corrected chi connectivity index (χ2v) is 15.9. The minimum absolute atomic E-state index is 0.00546. The van der Waals surface area contributed by atoms with E-state index in [2.05, 4.69) is 19.2 Å². The van der Waals surface area contributed by atoms with Crippen LogP contribution < -0.4 is 5.32 Å². The molecule has 0 rings (SSSR count). The molecule has 298 valence electrons. The minimum atomic E-state index is -0.308. The molecule has 0 aromatic heterocycles. The third-order valence-corrected chi connectivity index (χ3v) is 10.5. The molecule has 0 aliphatic heterocycles. The lowest BCUT2D eigenvalue weighted by molar-refractivity contribution is -0.145. The van der Waals surface area contributed by atoms with Gasteiger partial charge in [0.05, 0.1) is 24.7 Å². The molecule has 0 aromatic carbocycles. The molecule has 6 heteroatoms. The Hall–Kier alpha value is -1.14. The van der Waals surface area contributed by atoms with E-state index in [-0.39, 0.29) is 36.4 Å². The van der Waals surface area contributed by atoms with E-state index >= 15 is 0 Å². The molecule has 1 unspecified atom stereocenters. The highest BCUT2D eigenvalue weighted by molar-refractivity contribution is 5.81. The average molecular weight is 710 g/mol. The zero-order valence-corrected chi connectivity index (χ0v) is 34.5. The van der Waals surface area contributed by atoms with Crippen molar-refractivity contribution in [2.75, 3.05) is 26.9 Å². The SMILES string of the molecule is CCCCCCCCCCCCCCC(CCCCCCCCCCCCCC)CNC(=O)CCC(=O)OCCC(C)OCCC(C)(C)OC. The van der Waals surface area contributed by atoms with Gasteiger partial charge in [-0.3, -0.25) is 9.59 Å². The average Bonchev–Trinajstić information content (AvgIpc) is 3.10. The summed E-state index contributed by atoms with van der Waals surface area (Å²) in [5.41, 5.74) is -0.203. The molecular formula is C44H87NO5. The Morgan fingerprint density at radius 2 is 1.00 bits per heavy atom. The van der Waals surface area contributed by atoms with Crippen molar-refractivity contribution >= 4 is 11.9 Å². The highest BCUT2D eigenvalue weighted by atomic mass is 16.5. The molecule has 0 saturated carbocycles. The molecule has 0 saturated heterocycles. The fourth-order valence-electron chi connectivity index (χ4n) is 6.56. The first kappa shape index (κ1) is 48.9. The molecule has 0 bridgehead atoms. The quantitative estimate of drug-likeness (QED) is 0.0508. The number of nitrogens with one attached hydrogen (secondary N) is 1. The van der Waals surface area contributed by atoms with Crippen LogP contribution in [0.15, 0.2) is 0 Å². The van der Waals surface area contributed by atoms with Gasteiger partial charge in [-0.15, -0.1) is 0 Å². The number of amides is 1. The minimum Gasteiger partial charge on any atom is -0.466 e. The first-order valence-corrected chi connectivity index (χ1v) is 21.8. The molecule has 50 heavy (non-hydrogen) atoms. The first-order chi connectivity index (χ1) is 24.2. The molecule has 0 heterocycles. The molecule has 0 spiro atoms. The summed E-state index contributed by atoms with van der Waals surface area (Å²) in [5.74, 6) is 0.194. The largest absolute Gasteiger partial charge is 0.466 e. The molecule has 0 fully saturated rings. The predicted octanol–water partition coefficient (Wildman–Crippen LogP) is 12.8. The third-order valence-electron chi connectivity index (χ3n) is 10.5. The van der Waals surface area contributed by atoms with Crippen LogP contribution in [0.5, 0.6) is 0 Å². The molecule has 0 aromatic rings. The van der Waals surface area contributed by atoms with E-state index in [9.17, 15) is 9.59 Å². The number of ether oxygens (including phenoxy) is 3. The molecule has 6 nitrogen and oxygen atoms in total. The van der Waals surface area contributed by atoms with Gasteiger partial charge in [-0.25, -0.2) is 0 Å². The number of carbonyl (C=O) groups is 2. The summed E-state index contributed by atoms with van der Waals surface area (Å²) in [6, 6.07) is 0. The van der Waals surface area contributed by atoms with E-state index in [1.54, 1.807) is 7.11 Å². The molecule has 1 atom stereocenters. The van der Waals surface area contributed by atoms with Gasteiger partial charge in [0.25, 0.3) is 0 Å². The Labute approximate surface area is 312 Å². The number of hydrogen-bond acceptors (Lipinski definition) is 5. The Morgan fingerprint density at radius 1 is 0.580 bits per heavy atom. The van der Waals surface area contributed by atoms with Gasteiger partial charge in [0.2, 0.25) is 5.91 Å². The number of methoxy groups -OCH3 is 1. The maximum Gasteiger partial charge on any atom is 0.306 e. The van der Waals surface area contributed by atoms with Crippen molar-refractivity contribution in [2.45, 2.75) is 239 Å². The predicted molar refractivity (Wildman–Crippen MR) is 214 cm³/mol. The van der Waals surface area contributed by atoms with Crippen LogP contribution in [-0.2, 0) is 23.8 Å². The maximum atomic E-state index is 12.7. The first-order valence-electron chi connectivity index (χ1n) is 21.8. The van der Waals surface area contributed by atoms with Gasteiger partial charge < -0.3 is 19.5 Å². The maximum absolute atomic E-state index is 12.7. The standard InChI is InChI=1S/C44H87NO5/c1-7-9-11-13-15-17-19-21-23-25-27-29-31-41(32-30-28-26-24-22-20-18-16-14-12-10-8-2)39-45-42(46)33-34-43(47)50-37-35-40(3)49-38-36-44(4,5)48-6/h40-41H,7-39H2,1-6H3,(H,45,46). The third kappa shape index (κ3) is 35.3. The van der Waals surface area contributed by atoms with E-state index in [0.717, 1.165) is 13.0 Å². The summed E-state index contributed by atoms with van der Waals surface area (Å²) in [6.07, 6.45) is 37.0. The number of carbonyl (C=O) groups excluding carboxylic acids is 2. The van der Waals surface area contributed by atoms with Gasteiger partial charge in [-0.2, -0.15) is 0 Å². The zero-order chi connectivity index (χ0) is 37.0. The van der Waals surface area contributed by atoms with Gasteiger partial charge in [-0.1, -0.05) is 168 Å². The lowest BCUT2D eigenvalue weighted by atomic mass is 9.93. The number of esters is 1. The van der Waals surface area contributed by atoms with Crippen LogP contribution in [0.4, 0.5) is 0 Å². The number of unbranched alkanes of at least 4 members (excludes halogenated alkanes) is 22. The Kier molecular flexibility index (Phi) is 35.4. The molecule has 1 amide bonds. The Bertz CT molecular complexity index is 714. The van der Waals surface area contributed by atoms with E-state index in [1.807, 2.05) is 20.8 Å². The summed E-state index contributed by atoms with van der Waals surface area (Å²) < 4.78 is 16.6. The summed E-state index contributed by atoms with van der Waals surface area (Å²) in [6.45, 7) is 12.3. The van der Waals surface area contributed by atoms with Crippen LogP contribution in [0.3, 0.4) is 0 Å². The van der Waals surface area contributed by atoms with Crippen LogP contribution in [0.1, 0.15) is 227 Å². The lowest BCUT2D eigenvalue weighted by Crippen LogP contribution is -2.30. The van der Waals surface area contributed by atoms with E-state index in [4.69, 9.17) is 14.2 Å². The van der Waals surface area contributed by atoms with E-state index in [1.165, 1.54) is 167 Å². The van der Waals surface area contributed by atoms with Gasteiger partial charge in [0.15, 0.2) is 0 Å². The van der Waals surface area contributed by atoms with Crippen molar-refractivity contribution < 1.29 is 23.8 Å². The molecule has 0 radical (unpaired) electrons. The smallest absolute Gasteiger partial charge is 0.306 e. The van der Waals surface area contributed by atoms with Crippen molar-refractivity contribution in [1.82, 2.24) is 5.32 Å². The fraction of sp³-hybridized carbons (Fsp3) is 0.955. The zero-order valence-electron chi connectivity index (χ0n) is 34.5. The summed E-state index contributed by atoms with van der Waals surface area (Å²) >= 11 is 0.